The van der Waals surface area contributed by atoms with Crippen molar-refractivity contribution in [1.82, 2.24) is 9.97 Å². The van der Waals surface area contributed by atoms with Gasteiger partial charge in [0.05, 0.1) is 0 Å². The van der Waals surface area contributed by atoms with Crippen LogP contribution in [0.5, 0.6) is 0 Å². The second kappa shape index (κ2) is 5.98. The van der Waals surface area contributed by atoms with Gasteiger partial charge in [0.2, 0.25) is 0 Å². The molecule has 0 bridgehead atoms. The van der Waals surface area contributed by atoms with Crippen LogP contribution in [-0.4, -0.2) is 16.0 Å². The highest BCUT2D eigenvalue weighted by atomic mass is 15.1. The summed E-state index contributed by atoms with van der Waals surface area (Å²) in [6.45, 7) is 10.9. The molecule has 1 aromatic heterocycles. The smallest absolute Gasteiger partial charge is 0.135 e. The summed E-state index contributed by atoms with van der Waals surface area (Å²) >= 11 is 0. The molecule has 0 saturated heterocycles. The lowest BCUT2D eigenvalue weighted by Gasteiger charge is -2.35. The van der Waals surface area contributed by atoms with Crippen LogP contribution in [0, 0.1) is 18.8 Å². The molecule has 0 radical (unpaired) electrons. The predicted molar refractivity (Wildman–Crippen MR) is 84.9 cm³/mol. The lowest BCUT2D eigenvalue weighted by atomic mass is 9.78. The zero-order valence-electron chi connectivity index (χ0n) is 13.4. The monoisotopic (exact) mass is 276 g/mol. The topological polar surface area (TPSA) is 63.8 Å². The van der Waals surface area contributed by atoms with Crippen molar-refractivity contribution in [2.24, 2.45) is 11.8 Å². The summed E-state index contributed by atoms with van der Waals surface area (Å²) in [5, 5.41) is 3.63. The SMILES string of the molecule is Cc1c(N)nc(C(C)C)nc1NC1CCCC(C)C1C. The maximum Gasteiger partial charge on any atom is 0.135 e. The number of nitrogens with one attached hydrogen (secondary N) is 1. The molecule has 3 atom stereocenters. The predicted octanol–water partition coefficient (Wildman–Crippen LogP) is 3.73. The molecule has 0 spiro atoms. The summed E-state index contributed by atoms with van der Waals surface area (Å²) in [6, 6.07) is 0.492. The van der Waals surface area contributed by atoms with Gasteiger partial charge < -0.3 is 11.1 Å². The van der Waals surface area contributed by atoms with Crippen LogP contribution < -0.4 is 11.1 Å². The summed E-state index contributed by atoms with van der Waals surface area (Å²) in [6.07, 6.45) is 3.84. The minimum atomic E-state index is 0.293. The number of anilines is 2. The average Bonchev–Trinajstić information content (AvgIpc) is 2.39. The number of nitrogens with two attached hydrogens (primary N) is 1. The van der Waals surface area contributed by atoms with Crippen molar-refractivity contribution in [3.05, 3.63) is 11.4 Å². The molecule has 1 aromatic rings. The Hall–Kier alpha value is -1.32. The summed E-state index contributed by atoms with van der Waals surface area (Å²) in [7, 11) is 0. The van der Waals surface area contributed by atoms with Gasteiger partial charge in [0.25, 0.3) is 0 Å². The molecule has 1 heterocycles. The summed E-state index contributed by atoms with van der Waals surface area (Å²) in [5.41, 5.74) is 7.01. The summed E-state index contributed by atoms with van der Waals surface area (Å²) in [4.78, 5) is 9.07. The largest absolute Gasteiger partial charge is 0.383 e. The first-order chi connectivity index (χ1) is 9.40. The van der Waals surface area contributed by atoms with Crippen molar-refractivity contribution in [2.45, 2.75) is 65.8 Å². The second-order valence-electron chi connectivity index (χ2n) is 6.61. The Morgan fingerprint density at radius 1 is 1.20 bits per heavy atom. The molecule has 0 aliphatic heterocycles. The van der Waals surface area contributed by atoms with Crippen LogP contribution in [0.1, 0.15) is 64.3 Å². The molecule has 20 heavy (non-hydrogen) atoms. The van der Waals surface area contributed by atoms with E-state index in [0.717, 1.165) is 23.1 Å². The molecule has 112 valence electrons. The van der Waals surface area contributed by atoms with Gasteiger partial charge in [-0.15, -0.1) is 0 Å². The Morgan fingerprint density at radius 3 is 2.55 bits per heavy atom. The molecule has 2 rings (SSSR count). The van der Waals surface area contributed by atoms with E-state index in [1.165, 1.54) is 19.3 Å². The van der Waals surface area contributed by atoms with Crippen molar-refractivity contribution >= 4 is 11.6 Å². The van der Waals surface area contributed by atoms with Crippen LogP contribution in [0.25, 0.3) is 0 Å². The number of nitrogens with zero attached hydrogens (tertiary/aromatic N) is 2. The molecule has 4 nitrogen and oxygen atoms in total. The molecule has 1 aliphatic carbocycles. The van der Waals surface area contributed by atoms with Crippen molar-refractivity contribution in [1.29, 1.82) is 0 Å². The maximum atomic E-state index is 6.04. The van der Waals surface area contributed by atoms with Crippen molar-refractivity contribution in [3.63, 3.8) is 0 Å². The number of hydrogen-bond acceptors (Lipinski definition) is 4. The van der Waals surface area contributed by atoms with Gasteiger partial charge in [0, 0.05) is 17.5 Å². The standard InChI is InChI=1S/C16H28N4/c1-9(2)15-19-14(17)12(5)16(20-15)18-13-8-6-7-10(3)11(13)4/h9-11,13H,6-8H2,1-5H3,(H3,17,18,19,20). The fraction of sp³-hybridized carbons (Fsp3) is 0.750. The first kappa shape index (κ1) is 15.1. The van der Waals surface area contributed by atoms with Crippen molar-refractivity contribution in [2.75, 3.05) is 11.1 Å². The fourth-order valence-corrected chi connectivity index (χ4v) is 2.91. The fourth-order valence-electron chi connectivity index (χ4n) is 2.91. The van der Waals surface area contributed by atoms with Crippen LogP contribution in [0.3, 0.4) is 0 Å². The van der Waals surface area contributed by atoms with Gasteiger partial charge in [-0.2, -0.15) is 0 Å². The van der Waals surface area contributed by atoms with E-state index in [1.54, 1.807) is 0 Å². The van der Waals surface area contributed by atoms with Gasteiger partial charge in [0.15, 0.2) is 0 Å². The molecule has 4 heteroatoms. The Kier molecular flexibility index (Phi) is 4.51. The first-order valence-electron chi connectivity index (χ1n) is 7.80. The van der Waals surface area contributed by atoms with Crippen LogP contribution in [-0.2, 0) is 0 Å². The van der Waals surface area contributed by atoms with Gasteiger partial charge in [0.1, 0.15) is 17.5 Å². The van der Waals surface area contributed by atoms with Gasteiger partial charge in [-0.05, 0) is 25.2 Å². The molecule has 1 saturated carbocycles. The highest BCUT2D eigenvalue weighted by molar-refractivity contribution is 5.55. The molecule has 1 aliphatic rings. The third-order valence-corrected chi connectivity index (χ3v) is 4.75. The number of aromatic nitrogens is 2. The molecule has 3 unspecified atom stereocenters. The highest BCUT2D eigenvalue weighted by Gasteiger charge is 2.27. The zero-order valence-corrected chi connectivity index (χ0v) is 13.4. The lowest BCUT2D eigenvalue weighted by molar-refractivity contribution is 0.252. The van der Waals surface area contributed by atoms with E-state index in [-0.39, 0.29) is 0 Å². The van der Waals surface area contributed by atoms with Crippen LogP contribution in [0.4, 0.5) is 11.6 Å². The van der Waals surface area contributed by atoms with Crippen LogP contribution in [0.2, 0.25) is 0 Å². The number of rotatable bonds is 3. The Bertz CT molecular complexity index is 470. The highest BCUT2D eigenvalue weighted by Crippen LogP contribution is 2.32. The second-order valence-corrected chi connectivity index (χ2v) is 6.61. The van der Waals surface area contributed by atoms with E-state index in [9.17, 15) is 0 Å². The molecule has 1 fully saturated rings. The minimum Gasteiger partial charge on any atom is -0.383 e. The molecule has 0 amide bonds. The molecular formula is C16H28N4. The van der Waals surface area contributed by atoms with Gasteiger partial charge in [-0.25, -0.2) is 9.97 Å². The average molecular weight is 276 g/mol. The van der Waals surface area contributed by atoms with Gasteiger partial charge >= 0.3 is 0 Å². The normalized spacial score (nSPS) is 26.8. The maximum absolute atomic E-state index is 6.04. The molecule has 3 N–H and O–H groups in total. The van der Waals surface area contributed by atoms with Crippen molar-refractivity contribution in [3.8, 4) is 0 Å². The van der Waals surface area contributed by atoms with Crippen molar-refractivity contribution < 1.29 is 0 Å². The van der Waals surface area contributed by atoms with E-state index in [0.29, 0.717) is 23.7 Å². The summed E-state index contributed by atoms with van der Waals surface area (Å²) in [5.74, 6) is 4.08. The van der Waals surface area contributed by atoms with Crippen LogP contribution >= 0.6 is 0 Å². The lowest BCUT2D eigenvalue weighted by Crippen LogP contribution is -2.35. The van der Waals surface area contributed by atoms with E-state index >= 15 is 0 Å². The number of hydrogen-bond donors (Lipinski definition) is 2. The minimum absolute atomic E-state index is 0.293. The van der Waals surface area contributed by atoms with E-state index in [4.69, 9.17) is 5.73 Å². The molecular weight excluding hydrogens is 248 g/mol. The Morgan fingerprint density at radius 2 is 1.90 bits per heavy atom. The zero-order chi connectivity index (χ0) is 14.9. The third kappa shape index (κ3) is 3.05. The third-order valence-electron chi connectivity index (χ3n) is 4.75. The summed E-state index contributed by atoms with van der Waals surface area (Å²) < 4.78 is 0. The van der Waals surface area contributed by atoms with Crippen LogP contribution in [0.15, 0.2) is 0 Å². The Balaban J connectivity index is 2.24. The number of nitrogen functional groups attached to an aromatic ring is 1. The first-order valence-corrected chi connectivity index (χ1v) is 7.80. The quantitative estimate of drug-likeness (QED) is 0.883. The molecule has 0 aromatic carbocycles. The van der Waals surface area contributed by atoms with E-state index < -0.39 is 0 Å². The van der Waals surface area contributed by atoms with Gasteiger partial charge in [-0.1, -0.05) is 40.5 Å². The van der Waals surface area contributed by atoms with E-state index in [1.807, 2.05) is 6.92 Å². The Labute approximate surface area is 122 Å². The van der Waals surface area contributed by atoms with Gasteiger partial charge in [-0.3, -0.25) is 0 Å². The van der Waals surface area contributed by atoms with E-state index in [2.05, 4.69) is 43.0 Å².